The van der Waals surface area contributed by atoms with Crippen molar-refractivity contribution in [3.63, 3.8) is 0 Å². The first-order valence-corrected chi connectivity index (χ1v) is 10.5. The molecule has 1 amide bonds. The average molecular weight is 461 g/mol. The van der Waals surface area contributed by atoms with Gasteiger partial charge in [-0.1, -0.05) is 0 Å². The number of halogens is 1. The van der Waals surface area contributed by atoms with Crippen LogP contribution in [0, 0.1) is 17.2 Å². The first-order valence-electron chi connectivity index (χ1n) is 8.85. The molecular weight excluding hydrogens is 444 g/mol. The number of oxazole rings is 1. The summed E-state index contributed by atoms with van der Waals surface area (Å²) in [6.45, 7) is 1.80. The minimum atomic E-state index is -0.0438. The van der Waals surface area contributed by atoms with E-state index in [1.807, 2.05) is 17.0 Å². The Morgan fingerprint density at radius 1 is 1.39 bits per heavy atom. The van der Waals surface area contributed by atoms with Gasteiger partial charge in [0.25, 0.3) is 5.89 Å². The Balaban J connectivity index is 1.36. The van der Waals surface area contributed by atoms with E-state index in [0.29, 0.717) is 50.0 Å². The molecule has 1 aliphatic heterocycles. The Morgan fingerprint density at radius 2 is 2.21 bits per heavy atom. The van der Waals surface area contributed by atoms with E-state index in [9.17, 15) is 10.1 Å². The second-order valence-corrected chi connectivity index (χ2v) is 8.99. The third-order valence-corrected chi connectivity index (χ3v) is 6.29. The number of amides is 1. The second kappa shape index (κ2) is 8.20. The molecule has 0 saturated carbocycles. The highest BCUT2D eigenvalue weighted by atomic mass is 79.9. The van der Waals surface area contributed by atoms with Gasteiger partial charge in [-0.15, -0.1) is 11.3 Å². The minimum Gasteiger partial charge on any atom is -0.459 e. The zero-order chi connectivity index (χ0) is 19.5. The van der Waals surface area contributed by atoms with Crippen molar-refractivity contribution in [2.24, 2.45) is 5.92 Å². The van der Waals surface area contributed by atoms with E-state index in [4.69, 9.17) is 8.83 Å². The Kier molecular flexibility index (Phi) is 5.50. The van der Waals surface area contributed by atoms with Gasteiger partial charge in [0.1, 0.15) is 6.07 Å². The van der Waals surface area contributed by atoms with Crippen LogP contribution in [0.3, 0.4) is 0 Å². The Labute approximate surface area is 174 Å². The van der Waals surface area contributed by atoms with E-state index in [2.05, 4.69) is 32.3 Å². The number of furan rings is 1. The molecule has 4 rings (SSSR count). The highest BCUT2D eigenvalue weighted by Crippen LogP contribution is 2.31. The number of piperidine rings is 1. The molecule has 3 aromatic heterocycles. The number of nitrogens with zero attached hydrogens (tertiary/aromatic N) is 3. The van der Waals surface area contributed by atoms with Gasteiger partial charge in [0, 0.05) is 23.9 Å². The zero-order valence-corrected chi connectivity index (χ0v) is 17.3. The number of rotatable bonds is 5. The van der Waals surface area contributed by atoms with Crippen LogP contribution in [0.5, 0.6) is 0 Å². The number of carbonyl (C=O) groups excluding carboxylic acids is 1. The van der Waals surface area contributed by atoms with Gasteiger partial charge >= 0.3 is 0 Å². The van der Waals surface area contributed by atoms with Crippen molar-refractivity contribution < 1.29 is 13.6 Å². The van der Waals surface area contributed by atoms with Crippen molar-refractivity contribution >= 4 is 39.1 Å². The maximum atomic E-state index is 12.5. The third-order valence-electron chi connectivity index (χ3n) is 4.67. The van der Waals surface area contributed by atoms with Gasteiger partial charge in [-0.2, -0.15) is 10.2 Å². The maximum Gasteiger partial charge on any atom is 0.266 e. The fourth-order valence-electron chi connectivity index (χ4n) is 3.21. The Hall–Kier alpha value is -2.57. The van der Waals surface area contributed by atoms with Crippen LogP contribution in [0.2, 0.25) is 0 Å². The summed E-state index contributed by atoms with van der Waals surface area (Å²) in [6, 6.07) is 9.53. The molecule has 28 heavy (non-hydrogen) atoms. The molecular formula is C19H17BrN4O3S. The van der Waals surface area contributed by atoms with Crippen LogP contribution in [0.15, 0.2) is 43.1 Å². The van der Waals surface area contributed by atoms with Gasteiger partial charge in [0.05, 0.1) is 16.6 Å². The smallest absolute Gasteiger partial charge is 0.266 e. The topological polar surface area (TPSA) is 95.3 Å². The number of thiophene rings is 1. The summed E-state index contributed by atoms with van der Waals surface area (Å²) in [7, 11) is 0. The lowest BCUT2D eigenvalue weighted by Gasteiger charge is -2.30. The number of anilines is 1. The SMILES string of the molecule is N#Cc1nc(-c2ccco2)oc1N1CCC(C(=O)NCc2ccc(Br)s2)CC1. The van der Waals surface area contributed by atoms with E-state index < -0.39 is 0 Å². The molecule has 0 bridgehead atoms. The van der Waals surface area contributed by atoms with E-state index in [-0.39, 0.29) is 17.5 Å². The second-order valence-electron chi connectivity index (χ2n) is 6.45. The van der Waals surface area contributed by atoms with Crippen molar-refractivity contribution in [1.82, 2.24) is 10.3 Å². The lowest BCUT2D eigenvalue weighted by Crippen LogP contribution is -2.40. The van der Waals surface area contributed by atoms with Crippen LogP contribution in [0.1, 0.15) is 23.4 Å². The number of hydrogen-bond acceptors (Lipinski definition) is 7. The fourth-order valence-corrected chi connectivity index (χ4v) is 4.64. The van der Waals surface area contributed by atoms with Crippen LogP contribution < -0.4 is 10.2 Å². The quantitative estimate of drug-likeness (QED) is 0.613. The molecule has 1 aliphatic rings. The lowest BCUT2D eigenvalue weighted by atomic mass is 9.96. The molecule has 3 aromatic rings. The summed E-state index contributed by atoms with van der Waals surface area (Å²) in [4.78, 5) is 19.8. The van der Waals surface area contributed by atoms with Gasteiger partial charge in [0.15, 0.2) is 5.76 Å². The molecule has 0 aliphatic carbocycles. The predicted octanol–water partition coefficient (Wildman–Crippen LogP) is 4.16. The number of hydrogen-bond donors (Lipinski definition) is 1. The normalized spacial score (nSPS) is 14.8. The van der Waals surface area contributed by atoms with Crippen molar-refractivity contribution in [2.75, 3.05) is 18.0 Å². The predicted molar refractivity (Wildman–Crippen MR) is 108 cm³/mol. The van der Waals surface area contributed by atoms with Gasteiger partial charge < -0.3 is 19.1 Å². The minimum absolute atomic E-state index is 0.0438. The number of carbonyl (C=O) groups is 1. The van der Waals surface area contributed by atoms with Gasteiger partial charge in [-0.05, 0) is 53.0 Å². The molecule has 0 unspecified atom stereocenters. The van der Waals surface area contributed by atoms with E-state index in [0.717, 1.165) is 8.66 Å². The van der Waals surface area contributed by atoms with Crippen molar-refractivity contribution in [3.8, 4) is 17.7 Å². The maximum absolute atomic E-state index is 12.5. The molecule has 0 atom stereocenters. The summed E-state index contributed by atoms with van der Waals surface area (Å²) in [5.41, 5.74) is 0.234. The molecule has 0 spiro atoms. The Morgan fingerprint density at radius 3 is 2.86 bits per heavy atom. The number of aromatic nitrogens is 1. The van der Waals surface area contributed by atoms with Gasteiger partial charge in [0.2, 0.25) is 17.5 Å². The third kappa shape index (κ3) is 3.98. The molecule has 1 fully saturated rings. The van der Waals surface area contributed by atoms with Crippen molar-refractivity contribution in [1.29, 1.82) is 5.26 Å². The Bertz CT molecular complexity index is 997. The van der Waals surface area contributed by atoms with E-state index in [1.54, 1.807) is 23.5 Å². The molecule has 9 heteroatoms. The van der Waals surface area contributed by atoms with Crippen LogP contribution in [0.25, 0.3) is 11.7 Å². The standard InChI is InChI=1S/C19H17BrN4O3S/c20-16-4-3-13(28-16)11-22-17(25)12-5-7-24(8-6-12)19-14(10-21)23-18(27-19)15-2-1-9-26-15/h1-4,9,12H,5-8,11H2,(H,22,25). The van der Waals surface area contributed by atoms with Gasteiger partial charge in [-0.3, -0.25) is 4.79 Å². The molecule has 144 valence electrons. The van der Waals surface area contributed by atoms with Crippen LogP contribution in [0.4, 0.5) is 5.88 Å². The summed E-state index contributed by atoms with van der Waals surface area (Å²) in [5.74, 6) is 1.24. The molecule has 4 heterocycles. The monoisotopic (exact) mass is 460 g/mol. The van der Waals surface area contributed by atoms with Crippen molar-refractivity contribution in [3.05, 3.63) is 44.9 Å². The lowest BCUT2D eigenvalue weighted by molar-refractivity contribution is -0.125. The van der Waals surface area contributed by atoms with Crippen LogP contribution in [-0.2, 0) is 11.3 Å². The van der Waals surface area contributed by atoms with Gasteiger partial charge in [-0.25, -0.2) is 0 Å². The highest BCUT2D eigenvalue weighted by molar-refractivity contribution is 9.11. The first-order chi connectivity index (χ1) is 13.6. The largest absolute Gasteiger partial charge is 0.459 e. The summed E-state index contributed by atoms with van der Waals surface area (Å²) >= 11 is 5.04. The van der Waals surface area contributed by atoms with Crippen LogP contribution >= 0.6 is 27.3 Å². The first kappa shape index (κ1) is 18.8. The van der Waals surface area contributed by atoms with Crippen LogP contribution in [-0.4, -0.2) is 24.0 Å². The van der Waals surface area contributed by atoms with Crippen molar-refractivity contribution in [2.45, 2.75) is 19.4 Å². The van der Waals surface area contributed by atoms with E-state index in [1.165, 1.54) is 6.26 Å². The number of nitrogens with one attached hydrogen (secondary N) is 1. The number of nitriles is 1. The molecule has 1 saturated heterocycles. The fraction of sp³-hybridized carbons (Fsp3) is 0.316. The summed E-state index contributed by atoms with van der Waals surface area (Å²) < 4.78 is 12.1. The van der Waals surface area contributed by atoms with E-state index >= 15 is 0 Å². The summed E-state index contributed by atoms with van der Waals surface area (Å²) in [5, 5.41) is 12.4. The molecule has 0 aromatic carbocycles. The average Bonchev–Trinajstić information content (AvgIpc) is 3.46. The molecule has 1 N–H and O–H groups in total. The highest BCUT2D eigenvalue weighted by Gasteiger charge is 2.29. The zero-order valence-electron chi connectivity index (χ0n) is 14.9. The summed E-state index contributed by atoms with van der Waals surface area (Å²) in [6.07, 6.45) is 2.92. The molecule has 7 nitrogen and oxygen atoms in total. The molecule has 0 radical (unpaired) electrons.